The van der Waals surface area contributed by atoms with Crippen LogP contribution in [0.2, 0.25) is 5.02 Å². The Labute approximate surface area is 120 Å². The average Bonchev–Trinajstić information content (AvgIpc) is 2.65. The highest BCUT2D eigenvalue weighted by molar-refractivity contribution is 6.30. The molecule has 104 valence electrons. The molecule has 1 aromatic carbocycles. The van der Waals surface area contributed by atoms with E-state index in [1.165, 1.54) is 36.9 Å². The fourth-order valence-electron chi connectivity index (χ4n) is 3.24. The van der Waals surface area contributed by atoms with Crippen molar-refractivity contribution in [3.63, 3.8) is 0 Å². The van der Waals surface area contributed by atoms with Gasteiger partial charge in [-0.25, -0.2) is 0 Å². The van der Waals surface area contributed by atoms with Gasteiger partial charge in [0.25, 0.3) is 0 Å². The van der Waals surface area contributed by atoms with Crippen molar-refractivity contribution in [3.05, 3.63) is 28.3 Å². The van der Waals surface area contributed by atoms with Crippen molar-refractivity contribution in [1.82, 2.24) is 5.32 Å². The van der Waals surface area contributed by atoms with Crippen molar-refractivity contribution in [2.45, 2.75) is 38.5 Å². The zero-order chi connectivity index (χ0) is 13.1. The lowest BCUT2D eigenvalue weighted by molar-refractivity contribution is 0.308. The van der Waals surface area contributed by atoms with Crippen molar-refractivity contribution in [2.24, 2.45) is 5.92 Å². The molecule has 3 rings (SSSR count). The van der Waals surface area contributed by atoms with Crippen LogP contribution in [0.3, 0.4) is 0 Å². The van der Waals surface area contributed by atoms with E-state index >= 15 is 0 Å². The Morgan fingerprint density at radius 2 is 2.21 bits per heavy atom. The molecule has 2 aliphatic heterocycles. The van der Waals surface area contributed by atoms with E-state index in [1.807, 2.05) is 0 Å². The summed E-state index contributed by atoms with van der Waals surface area (Å²) in [6.07, 6.45) is 7.15. The molecule has 0 radical (unpaired) electrons. The van der Waals surface area contributed by atoms with Gasteiger partial charge in [0.15, 0.2) is 0 Å². The van der Waals surface area contributed by atoms with E-state index in [0.29, 0.717) is 0 Å². The summed E-state index contributed by atoms with van der Waals surface area (Å²) in [6.45, 7) is 3.15. The van der Waals surface area contributed by atoms with Gasteiger partial charge in [0.1, 0.15) is 5.75 Å². The molecule has 1 aromatic rings. The van der Waals surface area contributed by atoms with E-state index in [4.69, 9.17) is 16.3 Å². The third-order valence-electron chi connectivity index (χ3n) is 4.20. The lowest BCUT2D eigenvalue weighted by Gasteiger charge is -2.24. The zero-order valence-electron chi connectivity index (χ0n) is 11.4. The number of aryl methyl sites for hydroxylation is 1. The molecule has 3 heteroatoms. The third kappa shape index (κ3) is 3.24. The largest absolute Gasteiger partial charge is 0.493 e. The normalized spacial score (nSPS) is 23.3. The van der Waals surface area contributed by atoms with Crippen molar-refractivity contribution in [1.29, 1.82) is 0 Å². The van der Waals surface area contributed by atoms with E-state index in [2.05, 4.69) is 17.4 Å². The Balaban J connectivity index is 1.84. The maximum absolute atomic E-state index is 6.28. The van der Waals surface area contributed by atoms with E-state index in [9.17, 15) is 0 Å². The molecule has 0 aliphatic carbocycles. The maximum atomic E-state index is 6.28. The topological polar surface area (TPSA) is 21.3 Å². The fraction of sp³-hybridized carbons (Fsp3) is 0.625. The molecular formula is C16H22ClNO. The van der Waals surface area contributed by atoms with E-state index in [-0.39, 0.29) is 0 Å². The van der Waals surface area contributed by atoms with Gasteiger partial charge >= 0.3 is 0 Å². The van der Waals surface area contributed by atoms with Crippen LogP contribution in [-0.2, 0) is 12.8 Å². The fourth-order valence-corrected chi connectivity index (χ4v) is 3.50. The van der Waals surface area contributed by atoms with Crippen LogP contribution in [0.5, 0.6) is 5.75 Å². The highest BCUT2D eigenvalue weighted by atomic mass is 35.5. The van der Waals surface area contributed by atoms with Crippen LogP contribution in [0.15, 0.2) is 12.1 Å². The van der Waals surface area contributed by atoms with Crippen LogP contribution >= 0.6 is 11.6 Å². The number of ether oxygens (including phenoxy) is 1. The number of nitrogens with one attached hydrogen (secondary N) is 1. The lowest BCUT2D eigenvalue weighted by atomic mass is 9.90. The van der Waals surface area contributed by atoms with Gasteiger partial charge in [-0.15, -0.1) is 0 Å². The standard InChI is InChI=1S/C16H22ClNO/c17-15-9-13-5-1-2-7-19-16(13)14(10-15)8-12-4-3-6-18-11-12/h9-10,12,18H,1-8,11H2. The third-order valence-corrected chi connectivity index (χ3v) is 4.42. The molecule has 1 saturated heterocycles. The molecule has 0 bridgehead atoms. The van der Waals surface area contributed by atoms with Crippen molar-refractivity contribution < 1.29 is 4.74 Å². The molecule has 0 amide bonds. The van der Waals surface area contributed by atoms with Gasteiger partial charge in [0, 0.05) is 5.02 Å². The second-order valence-corrected chi connectivity index (χ2v) is 6.21. The van der Waals surface area contributed by atoms with Gasteiger partial charge in [0.05, 0.1) is 6.61 Å². The summed E-state index contributed by atoms with van der Waals surface area (Å²) in [6, 6.07) is 4.20. The molecule has 1 atom stereocenters. The Morgan fingerprint density at radius 1 is 1.26 bits per heavy atom. The van der Waals surface area contributed by atoms with Gasteiger partial charge in [-0.2, -0.15) is 0 Å². The highest BCUT2D eigenvalue weighted by Gasteiger charge is 2.19. The maximum Gasteiger partial charge on any atom is 0.125 e. The predicted molar refractivity (Wildman–Crippen MR) is 79.2 cm³/mol. The summed E-state index contributed by atoms with van der Waals surface area (Å²) in [5.41, 5.74) is 2.63. The van der Waals surface area contributed by atoms with Crippen LogP contribution in [-0.4, -0.2) is 19.7 Å². The first-order valence-electron chi connectivity index (χ1n) is 7.48. The molecule has 2 aliphatic rings. The Kier molecular flexibility index (Phi) is 4.29. The molecule has 1 N–H and O–H groups in total. The van der Waals surface area contributed by atoms with Crippen LogP contribution in [0.25, 0.3) is 0 Å². The monoisotopic (exact) mass is 279 g/mol. The summed E-state index contributed by atoms with van der Waals surface area (Å²) in [5.74, 6) is 1.86. The average molecular weight is 280 g/mol. The van der Waals surface area contributed by atoms with E-state index in [1.54, 1.807) is 0 Å². The Hall–Kier alpha value is -0.730. The van der Waals surface area contributed by atoms with Crippen molar-refractivity contribution in [3.8, 4) is 5.75 Å². The molecule has 2 heterocycles. The lowest BCUT2D eigenvalue weighted by Crippen LogP contribution is -2.31. The summed E-state index contributed by atoms with van der Waals surface area (Å²) >= 11 is 6.28. The number of hydrogen-bond donors (Lipinski definition) is 1. The minimum Gasteiger partial charge on any atom is -0.493 e. The second kappa shape index (κ2) is 6.15. The van der Waals surface area contributed by atoms with Gasteiger partial charge in [0.2, 0.25) is 0 Å². The summed E-state index contributed by atoms with van der Waals surface area (Å²) in [4.78, 5) is 0. The number of hydrogen-bond acceptors (Lipinski definition) is 2. The van der Waals surface area contributed by atoms with Gasteiger partial charge in [-0.1, -0.05) is 11.6 Å². The molecule has 0 aromatic heterocycles. The molecular weight excluding hydrogens is 258 g/mol. The SMILES string of the molecule is Clc1cc2c(c(CC3CCCNC3)c1)OCCCC2. The van der Waals surface area contributed by atoms with Gasteiger partial charge in [-0.05, 0) is 80.8 Å². The minimum absolute atomic E-state index is 0.725. The first-order valence-corrected chi connectivity index (χ1v) is 7.85. The van der Waals surface area contributed by atoms with Crippen LogP contribution < -0.4 is 10.1 Å². The van der Waals surface area contributed by atoms with E-state index in [0.717, 1.165) is 49.1 Å². The molecule has 2 nitrogen and oxygen atoms in total. The molecule has 0 spiro atoms. The molecule has 19 heavy (non-hydrogen) atoms. The minimum atomic E-state index is 0.725. The second-order valence-electron chi connectivity index (χ2n) is 5.78. The summed E-state index contributed by atoms with van der Waals surface area (Å²) in [7, 11) is 0. The van der Waals surface area contributed by atoms with Crippen molar-refractivity contribution in [2.75, 3.05) is 19.7 Å². The quantitative estimate of drug-likeness (QED) is 0.893. The number of benzene rings is 1. The molecule has 1 fully saturated rings. The number of piperidine rings is 1. The van der Waals surface area contributed by atoms with Crippen LogP contribution in [0, 0.1) is 5.92 Å². The highest BCUT2D eigenvalue weighted by Crippen LogP contribution is 2.34. The van der Waals surface area contributed by atoms with Gasteiger partial charge < -0.3 is 10.1 Å². The van der Waals surface area contributed by atoms with Crippen LogP contribution in [0.1, 0.15) is 36.8 Å². The first kappa shape index (κ1) is 13.3. The number of fused-ring (bicyclic) bond motifs is 1. The Morgan fingerprint density at radius 3 is 3.05 bits per heavy atom. The first-order chi connectivity index (χ1) is 9.33. The number of rotatable bonds is 2. The smallest absolute Gasteiger partial charge is 0.125 e. The molecule has 1 unspecified atom stereocenters. The summed E-state index contributed by atoms with van der Waals surface area (Å²) < 4.78 is 6.00. The Bertz CT molecular complexity index is 441. The summed E-state index contributed by atoms with van der Waals surface area (Å²) in [5, 5.41) is 4.35. The van der Waals surface area contributed by atoms with Crippen LogP contribution in [0.4, 0.5) is 0 Å². The van der Waals surface area contributed by atoms with Crippen molar-refractivity contribution >= 4 is 11.6 Å². The zero-order valence-corrected chi connectivity index (χ0v) is 12.1. The molecule has 0 saturated carbocycles. The van der Waals surface area contributed by atoms with Gasteiger partial charge in [-0.3, -0.25) is 0 Å². The van der Waals surface area contributed by atoms with E-state index < -0.39 is 0 Å². The predicted octanol–water partition coefficient (Wildman–Crippen LogP) is 3.60. The number of halogens is 1.